The van der Waals surface area contributed by atoms with E-state index in [1.165, 1.54) is 12.3 Å². The molecule has 0 spiro atoms. The van der Waals surface area contributed by atoms with Crippen molar-refractivity contribution in [2.24, 2.45) is 0 Å². The lowest BCUT2D eigenvalue weighted by molar-refractivity contribution is -0.118. The van der Waals surface area contributed by atoms with Crippen LogP contribution in [0.4, 0.5) is 4.79 Å². The highest BCUT2D eigenvalue weighted by Crippen LogP contribution is 2.34. The highest BCUT2D eigenvalue weighted by molar-refractivity contribution is 5.78. The van der Waals surface area contributed by atoms with Crippen LogP contribution in [0, 0.1) is 11.3 Å². The maximum absolute atomic E-state index is 11.7. The van der Waals surface area contributed by atoms with Crippen LogP contribution in [-0.4, -0.2) is 57.0 Å². The van der Waals surface area contributed by atoms with Crippen LogP contribution < -0.4 is 5.32 Å². The van der Waals surface area contributed by atoms with E-state index in [1.54, 1.807) is 6.07 Å². The number of nitrogens with zero attached hydrogens (tertiary/aromatic N) is 2. The van der Waals surface area contributed by atoms with E-state index >= 15 is 0 Å². The minimum absolute atomic E-state index is 0.0459. The highest BCUT2D eigenvalue weighted by atomic mass is 16.6. The van der Waals surface area contributed by atoms with Crippen LogP contribution in [-0.2, 0) is 4.74 Å². The first-order valence-electron chi connectivity index (χ1n) is 5.37. The number of amides is 2. The molecule has 1 fully saturated rings. The van der Waals surface area contributed by atoms with Crippen molar-refractivity contribution >= 4 is 6.03 Å². The van der Waals surface area contributed by atoms with Crippen molar-refractivity contribution in [1.82, 2.24) is 10.2 Å². The third-order valence-corrected chi connectivity index (χ3v) is 2.91. The molecule has 2 rings (SSSR count). The molecule has 0 saturated carbocycles. The Morgan fingerprint density at radius 2 is 2.39 bits per heavy atom. The molecule has 4 unspecified atom stereocenters. The van der Waals surface area contributed by atoms with Crippen molar-refractivity contribution < 1.29 is 24.9 Å². The SMILES string of the molecule is N#CC1(N2C=CC(O)NC2=O)OC(CO)CC1O. The average Bonchev–Trinajstić information content (AvgIpc) is 2.67. The summed E-state index contributed by atoms with van der Waals surface area (Å²) in [5.74, 6) is 0. The Morgan fingerprint density at radius 3 is 2.89 bits per heavy atom. The van der Waals surface area contributed by atoms with Crippen LogP contribution in [0.2, 0.25) is 0 Å². The van der Waals surface area contributed by atoms with Crippen molar-refractivity contribution in [2.75, 3.05) is 6.61 Å². The molecule has 0 bridgehead atoms. The number of hydrogen-bond donors (Lipinski definition) is 4. The number of carbonyl (C=O) groups is 1. The van der Waals surface area contributed by atoms with Gasteiger partial charge in [-0.1, -0.05) is 0 Å². The quantitative estimate of drug-likeness (QED) is 0.461. The van der Waals surface area contributed by atoms with E-state index in [0.717, 1.165) is 4.90 Å². The molecule has 0 aromatic heterocycles. The van der Waals surface area contributed by atoms with Gasteiger partial charge in [0.25, 0.3) is 5.72 Å². The van der Waals surface area contributed by atoms with Crippen LogP contribution in [0.1, 0.15) is 6.42 Å². The zero-order chi connectivity index (χ0) is 13.3. The van der Waals surface area contributed by atoms with Crippen LogP contribution in [0.25, 0.3) is 0 Å². The number of carbonyl (C=O) groups excluding carboxylic acids is 1. The Kier molecular flexibility index (Phi) is 3.23. The predicted octanol–water partition coefficient (Wildman–Crippen LogP) is -1.79. The number of aliphatic hydroxyl groups is 3. The average molecular weight is 255 g/mol. The predicted molar refractivity (Wildman–Crippen MR) is 56.4 cm³/mol. The van der Waals surface area contributed by atoms with Gasteiger partial charge in [-0.25, -0.2) is 4.79 Å². The molecule has 0 radical (unpaired) electrons. The highest BCUT2D eigenvalue weighted by Gasteiger charge is 2.55. The van der Waals surface area contributed by atoms with Crippen molar-refractivity contribution in [3.63, 3.8) is 0 Å². The van der Waals surface area contributed by atoms with Crippen molar-refractivity contribution in [3.05, 3.63) is 12.3 Å². The molecule has 0 aromatic carbocycles. The molecular formula is C10H13N3O5. The molecule has 98 valence electrons. The van der Waals surface area contributed by atoms with E-state index in [2.05, 4.69) is 5.32 Å². The zero-order valence-electron chi connectivity index (χ0n) is 9.35. The Hall–Kier alpha value is -1.66. The Bertz CT molecular complexity index is 420. The second kappa shape index (κ2) is 4.55. The lowest BCUT2D eigenvalue weighted by Crippen LogP contribution is -2.60. The minimum Gasteiger partial charge on any atom is -0.394 e. The molecular weight excluding hydrogens is 242 g/mol. The van der Waals surface area contributed by atoms with Gasteiger partial charge in [0.15, 0.2) is 0 Å². The van der Waals surface area contributed by atoms with E-state index in [-0.39, 0.29) is 13.0 Å². The summed E-state index contributed by atoms with van der Waals surface area (Å²) in [7, 11) is 0. The molecule has 8 heteroatoms. The van der Waals surface area contributed by atoms with E-state index < -0.39 is 30.2 Å². The molecule has 1 saturated heterocycles. The van der Waals surface area contributed by atoms with Gasteiger partial charge in [-0.15, -0.1) is 0 Å². The van der Waals surface area contributed by atoms with E-state index in [1.807, 2.05) is 0 Å². The zero-order valence-corrected chi connectivity index (χ0v) is 9.35. The molecule has 8 nitrogen and oxygen atoms in total. The number of ether oxygens (including phenoxy) is 1. The van der Waals surface area contributed by atoms with Gasteiger partial charge in [-0.05, 0) is 6.08 Å². The van der Waals surface area contributed by atoms with Gasteiger partial charge in [0.2, 0.25) is 0 Å². The number of nitriles is 1. The maximum Gasteiger partial charge on any atom is 0.326 e. The number of nitrogens with one attached hydrogen (secondary N) is 1. The number of hydrogen-bond acceptors (Lipinski definition) is 6. The van der Waals surface area contributed by atoms with Gasteiger partial charge in [0.05, 0.1) is 12.7 Å². The lowest BCUT2D eigenvalue weighted by Gasteiger charge is -2.37. The van der Waals surface area contributed by atoms with Gasteiger partial charge >= 0.3 is 6.03 Å². The Morgan fingerprint density at radius 1 is 1.67 bits per heavy atom. The summed E-state index contributed by atoms with van der Waals surface area (Å²) in [4.78, 5) is 12.6. The number of rotatable bonds is 2. The van der Waals surface area contributed by atoms with E-state index in [0.29, 0.717) is 0 Å². The van der Waals surface area contributed by atoms with E-state index in [4.69, 9.17) is 9.84 Å². The van der Waals surface area contributed by atoms with Gasteiger partial charge in [-0.3, -0.25) is 4.90 Å². The van der Waals surface area contributed by atoms with Gasteiger partial charge in [-0.2, -0.15) is 5.26 Å². The Balaban J connectivity index is 2.31. The summed E-state index contributed by atoms with van der Waals surface area (Å²) in [5.41, 5.74) is -1.88. The topological polar surface area (TPSA) is 126 Å². The standard InChI is InChI=1S/C10H13N3O5/c11-5-10(7(15)3-6(4-14)18-10)13-2-1-8(16)12-9(13)17/h1-2,6-8,14-16H,3-4H2,(H,12,17). The lowest BCUT2D eigenvalue weighted by atomic mass is 10.1. The molecule has 4 N–H and O–H groups in total. The van der Waals surface area contributed by atoms with Gasteiger partial charge < -0.3 is 25.4 Å². The van der Waals surface area contributed by atoms with Crippen LogP contribution in [0.15, 0.2) is 12.3 Å². The Labute approximate surface area is 103 Å². The van der Waals surface area contributed by atoms with Crippen LogP contribution >= 0.6 is 0 Å². The third-order valence-electron chi connectivity index (χ3n) is 2.91. The fraction of sp³-hybridized carbons (Fsp3) is 0.600. The molecule has 2 aliphatic rings. The summed E-state index contributed by atoms with van der Waals surface area (Å²) < 4.78 is 5.28. The molecule has 2 aliphatic heterocycles. The summed E-state index contributed by atoms with van der Waals surface area (Å²) in [6.45, 7) is -0.359. The summed E-state index contributed by atoms with van der Waals surface area (Å²) >= 11 is 0. The number of urea groups is 1. The van der Waals surface area contributed by atoms with Crippen LogP contribution in [0.3, 0.4) is 0 Å². The molecule has 2 amide bonds. The molecule has 4 atom stereocenters. The third kappa shape index (κ3) is 1.83. The van der Waals surface area contributed by atoms with Crippen molar-refractivity contribution in [1.29, 1.82) is 5.26 Å². The summed E-state index contributed by atoms with van der Waals surface area (Å²) in [6, 6.07) is 0.995. The molecule has 2 heterocycles. The first kappa shape index (κ1) is 12.8. The normalized spacial score (nSPS) is 39.6. The monoisotopic (exact) mass is 255 g/mol. The minimum atomic E-state index is -1.88. The fourth-order valence-electron chi connectivity index (χ4n) is 2.01. The molecule has 18 heavy (non-hydrogen) atoms. The summed E-state index contributed by atoms with van der Waals surface area (Å²) in [5, 5.41) is 39.5. The fourth-order valence-corrected chi connectivity index (χ4v) is 2.01. The van der Waals surface area contributed by atoms with Gasteiger partial charge in [0, 0.05) is 12.6 Å². The van der Waals surface area contributed by atoms with Crippen molar-refractivity contribution in [3.8, 4) is 6.07 Å². The number of aliphatic hydroxyl groups excluding tert-OH is 3. The summed E-state index contributed by atoms with van der Waals surface area (Å²) in [6.07, 6.45) is -0.641. The maximum atomic E-state index is 11.7. The van der Waals surface area contributed by atoms with Gasteiger partial charge in [0.1, 0.15) is 18.4 Å². The first-order chi connectivity index (χ1) is 8.53. The second-order valence-electron chi connectivity index (χ2n) is 4.09. The van der Waals surface area contributed by atoms with Crippen LogP contribution in [0.5, 0.6) is 0 Å². The molecule has 0 aliphatic carbocycles. The van der Waals surface area contributed by atoms with E-state index in [9.17, 15) is 20.3 Å². The smallest absolute Gasteiger partial charge is 0.326 e. The largest absolute Gasteiger partial charge is 0.394 e. The second-order valence-corrected chi connectivity index (χ2v) is 4.09. The van der Waals surface area contributed by atoms with Crippen molar-refractivity contribution in [2.45, 2.75) is 30.6 Å². The molecule has 0 aromatic rings. The first-order valence-corrected chi connectivity index (χ1v) is 5.37.